The molecule has 2 atom stereocenters. The van der Waals surface area contributed by atoms with Crippen LogP contribution in [0, 0.1) is 0 Å². The third kappa shape index (κ3) is 3.24. The van der Waals surface area contributed by atoms with Gasteiger partial charge in [-0.1, -0.05) is 6.07 Å². The van der Waals surface area contributed by atoms with E-state index in [2.05, 4.69) is 17.4 Å². The van der Waals surface area contributed by atoms with Crippen LogP contribution in [-0.2, 0) is 6.42 Å². The first-order valence-electron chi connectivity index (χ1n) is 6.79. The molecule has 0 saturated carbocycles. The Kier molecular flexibility index (Phi) is 4.61. The number of rotatable bonds is 6. The number of hydrogen-bond acceptors (Lipinski definition) is 3. The first-order chi connectivity index (χ1) is 8.70. The summed E-state index contributed by atoms with van der Waals surface area (Å²) in [6.45, 7) is 2.81. The van der Waals surface area contributed by atoms with Crippen molar-refractivity contribution in [3.05, 3.63) is 29.3 Å². The zero-order valence-corrected chi connectivity index (χ0v) is 11.3. The SMILES string of the molecule is COc1ccc2c(c1)C(NCCCC(C)O)CC2. The molecule has 0 fully saturated rings. The minimum absolute atomic E-state index is 0.192. The zero-order chi connectivity index (χ0) is 13.0. The van der Waals surface area contributed by atoms with Gasteiger partial charge in [-0.25, -0.2) is 0 Å². The summed E-state index contributed by atoms with van der Waals surface area (Å²) in [5.41, 5.74) is 2.82. The third-order valence-electron chi connectivity index (χ3n) is 3.62. The van der Waals surface area contributed by atoms with Crippen LogP contribution in [-0.4, -0.2) is 24.9 Å². The molecule has 18 heavy (non-hydrogen) atoms. The highest BCUT2D eigenvalue weighted by molar-refractivity contribution is 5.40. The summed E-state index contributed by atoms with van der Waals surface area (Å²) in [6, 6.07) is 6.80. The van der Waals surface area contributed by atoms with E-state index in [0.717, 1.165) is 38.0 Å². The van der Waals surface area contributed by atoms with Crippen LogP contribution in [0.5, 0.6) is 5.75 Å². The van der Waals surface area contributed by atoms with E-state index >= 15 is 0 Å². The Bertz CT molecular complexity index is 390. The molecule has 0 amide bonds. The monoisotopic (exact) mass is 249 g/mol. The third-order valence-corrected chi connectivity index (χ3v) is 3.62. The van der Waals surface area contributed by atoms with E-state index in [-0.39, 0.29) is 6.10 Å². The second-order valence-electron chi connectivity index (χ2n) is 5.10. The van der Waals surface area contributed by atoms with Gasteiger partial charge in [0.25, 0.3) is 0 Å². The molecule has 3 heteroatoms. The maximum Gasteiger partial charge on any atom is 0.119 e. The lowest BCUT2D eigenvalue weighted by atomic mass is 10.1. The number of hydrogen-bond donors (Lipinski definition) is 2. The largest absolute Gasteiger partial charge is 0.497 e. The number of methoxy groups -OCH3 is 1. The summed E-state index contributed by atoms with van der Waals surface area (Å²) in [5.74, 6) is 0.937. The Morgan fingerprint density at radius 3 is 3.06 bits per heavy atom. The highest BCUT2D eigenvalue weighted by Crippen LogP contribution is 2.33. The maximum atomic E-state index is 9.23. The number of fused-ring (bicyclic) bond motifs is 1. The number of aryl methyl sites for hydroxylation is 1. The lowest BCUT2D eigenvalue weighted by molar-refractivity contribution is 0.181. The van der Waals surface area contributed by atoms with Crippen molar-refractivity contribution in [1.82, 2.24) is 5.32 Å². The molecule has 1 aromatic carbocycles. The molecule has 0 aromatic heterocycles. The van der Waals surface area contributed by atoms with Gasteiger partial charge in [0, 0.05) is 6.04 Å². The van der Waals surface area contributed by atoms with E-state index in [0.29, 0.717) is 6.04 Å². The van der Waals surface area contributed by atoms with Gasteiger partial charge in [-0.3, -0.25) is 0 Å². The fraction of sp³-hybridized carbons (Fsp3) is 0.600. The molecule has 2 unspecified atom stereocenters. The van der Waals surface area contributed by atoms with Crippen molar-refractivity contribution >= 4 is 0 Å². The van der Waals surface area contributed by atoms with Gasteiger partial charge in [0.2, 0.25) is 0 Å². The zero-order valence-electron chi connectivity index (χ0n) is 11.3. The van der Waals surface area contributed by atoms with Crippen molar-refractivity contribution in [2.45, 2.75) is 44.8 Å². The molecule has 0 heterocycles. The molecule has 0 bridgehead atoms. The van der Waals surface area contributed by atoms with Crippen LogP contribution >= 0.6 is 0 Å². The highest BCUT2D eigenvalue weighted by Gasteiger charge is 2.22. The number of benzene rings is 1. The Hall–Kier alpha value is -1.06. The molecule has 1 aromatic rings. The van der Waals surface area contributed by atoms with Gasteiger partial charge in [0.15, 0.2) is 0 Å². The fourth-order valence-electron chi connectivity index (χ4n) is 2.59. The highest BCUT2D eigenvalue weighted by atomic mass is 16.5. The van der Waals surface area contributed by atoms with Crippen molar-refractivity contribution in [2.75, 3.05) is 13.7 Å². The van der Waals surface area contributed by atoms with Gasteiger partial charge < -0.3 is 15.2 Å². The molecular formula is C15H23NO2. The van der Waals surface area contributed by atoms with Crippen LogP contribution in [0.3, 0.4) is 0 Å². The number of aliphatic hydroxyl groups is 1. The predicted octanol–water partition coefficient (Wildman–Crippen LogP) is 2.43. The number of aliphatic hydroxyl groups excluding tert-OH is 1. The summed E-state index contributed by atoms with van der Waals surface area (Å²) in [4.78, 5) is 0. The first-order valence-corrected chi connectivity index (χ1v) is 6.79. The lowest BCUT2D eigenvalue weighted by Crippen LogP contribution is -2.21. The summed E-state index contributed by atoms with van der Waals surface area (Å²) >= 11 is 0. The van der Waals surface area contributed by atoms with Gasteiger partial charge >= 0.3 is 0 Å². The molecular weight excluding hydrogens is 226 g/mol. The topological polar surface area (TPSA) is 41.5 Å². The Morgan fingerprint density at radius 2 is 2.33 bits per heavy atom. The van der Waals surface area contributed by atoms with E-state index < -0.39 is 0 Å². The van der Waals surface area contributed by atoms with Crippen LogP contribution in [0.4, 0.5) is 0 Å². The Balaban J connectivity index is 1.90. The number of nitrogens with one attached hydrogen (secondary N) is 1. The lowest BCUT2D eigenvalue weighted by Gasteiger charge is -2.15. The standard InChI is InChI=1S/C15H23NO2/c1-11(17)4-3-9-16-15-8-6-12-5-7-13(18-2)10-14(12)15/h5,7,10-11,15-17H,3-4,6,8-9H2,1-2H3. The van der Waals surface area contributed by atoms with Gasteiger partial charge in [0.1, 0.15) is 5.75 Å². The summed E-state index contributed by atoms with van der Waals surface area (Å²) < 4.78 is 5.28. The van der Waals surface area contributed by atoms with Gasteiger partial charge in [0.05, 0.1) is 13.2 Å². The van der Waals surface area contributed by atoms with Crippen molar-refractivity contribution in [1.29, 1.82) is 0 Å². The van der Waals surface area contributed by atoms with Crippen LogP contribution in [0.1, 0.15) is 43.4 Å². The van der Waals surface area contributed by atoms with Gasteiger partial charge in [-0.15, -0.1) is 0 Å². The molecule has 1 aliphatic carbocycles. The molecule has 0 spiro atoms. The quantitative estimate of drug-likeness (QED) is 0.761. The predicted molar refractivity (Wildman–Crippen MR) is 73.0 cm³/mol. The van der Waals surface area contributed by atoms with E-state index in [9.17, 15) is 5.11 Å². The van der Waals surface area contributed by atoms with Crippen molar-refractivity contribution in [2.24, 2.45) is 0 Å². The van der Waals surface area contributed by atoms with Gasteiger partial charge in [-0.05, 0) is 62.4 Å². The smallest absolute Gasteiger partial charge is 0.119 e. The second kappa shape index (κ2) is 6.21. The van der Waals surface area contributed by atoms with E-state index in [4.69, 9.17) is 4.74 Å². The van der Waals surface area contributed by atoms with E-state index in [1.165, 1.54) is 11.1 Å². The molecule has 0 saturated heterocycles. The number of ether oxygens (including phenoxy) is 1. The molecule has 3 nitrogen and oxygen atoms in total. The molecule has 1 aliphatic rings. The van der Waals surface area contributed by atoms with E-state index in [1.807, 2.05) is 13.0 Å². The fourth-order valence-corrected chi connectivity index (χ4v) is 2.59. The normalized spacial score (nSPS) is 19.6. The van der Waals surface area contributed by atoms with Crippen LogP contribution in [0.15, 0.2) is 18.2 Å². The molecule has 0 radical (unpaired) electrons. The van der Waals surface area contributed by atoms with E-state index in [1.54, 1.807) is 7.11 Å². The Labute approximate surface area is 109 Å². The minimum Gasteiger partial charge on any atom is -0.497 e. The van der Waals surface area contributed by atoms with Crippen LogP contribution in [0.2, 0.25) is 0 Å². The molecule has 2 N–H and O–H groups in total. The minimum atomic E-state index is -0.192. The average molecular weight is 249 g/mol. The van der Waals surface area contributed by atoms with Crippen molar-refractivity contribution < 1.29 is 9.84 Å². The Morgan fingerprint density at radius 1 is 1.50 bits per heavy atom. The van der Waals surface area contributed by atoms with Crippen molar-refractivity contribution in [3.8, 4) is 5.75 Å². The maximum absolute atomic E-state index is 9.23. The second-order valence-corrected chi connectivity index (χ2v) is 5.10. The average Bonchev–Trinajstić information content (AvgIpc) is 2.76. The van der Waals surface area contributed by atoms with Gasteiger partial charge in [-0.2, -0.15) is 0 Å². The van der Waals surface area contributed by atoms with Crippen molar-refractivity contribution in [3.63, 3.8) is 0 Å². The van der Waals surface area contributed by atoms with Crippen LogP contribution in [0.25, 0.3) is 0 Å². The summed E-state index contributed by atoms with van der Waals surface area (Å²) in [5, 5.41) is 12.8. The summed E-state index contributed by atoms with van der Waals surface area (Å²) in [6.07, 6.45) is 4.01. The van der Waals surface area contributed by atoms with Crippen LogP contribution < -0.4 is 10.1 Å². The molecule has 0 aliphatic heterocycles. The first kappa shape index (κ1) is 13.4. The summed E-state index contributed by atoms with van der Waals surface area (Å²) in [7, 11) is 1.71. The molecule has 2 rings (SSSR count). The molecule has 100 valence electrons.